The van der Waals surface area contributed by atoms with Gasteiger partial charge in [0.15, 0.2) is 5.16 Å². The monoisotopic (exact) mass is 330 g/mol. The number of para-hydroxylation sites is 1. The van der Waals surface area contributed by atoms with Gasteiger partial charge in [0, 0.05) is 18.9 Å². The Balaban J connectivity index is 1.68. The lowest BCUT2D eigenvalue weighted by atomic mass is 10.2. The Bertz CT molecular complexity index is 895. The maximum Gasteiger partial charge on any atom is 0.261 e. The third-order valence-corrected chi connectivity index (χ3v) is 4.32. The van der Waals surface area contributed by atoms with Crippen LogP contribution >= 0.6 is 11.8 Å². The van der Waals surface area contributed by atoms with Crippen LogP contribution in [0.3, 0.4) is 0 Å². The molecule has 0 N–H and O–H groups in total. The lowest BCUT2D eigenvalue weighted by molar-refractivity contribution is 0.342. The summed E-state index contributed by atoms with van der Waals surface area (Å²) in [5.41, 5.74) is 0.619. The van der Waals surface area contributed by atoms with Gasteiger partial charge in [0.05, 0.1) is 17.5 Å². The zero-order valence-electron chi connectivity index (χ0n) is 12.5. The van der Waals surface area contributed by atoms with Gasteiger partial charge in [-0.05, 0) is 24.3 Å². The lowest BCUT2D eigenvalue weighted by Crippen LogP contribution is -2.20. The highest BCUT2D eigenvalue weighted by Gasteiger charge is 2.08. The van der Waals surface area contributed by atoms with Crippen molar-refractivity contribution < 1.29 is 9.13 Å². The van der Waals surface area contributed by atoms with Crippen molar-refractivity contribution in [2.24, 2.45) is 7.05 Å². The first-order valence-corrected chi connectivity index (χ1v) is 8.10. The second kappa shape index (κ2) is 6.83. The molecule has 0 saturated heterocycles. The minimum absolute atomic E-state index is 0.0656. The van der Waals surface area contributed by atoms with E-state index in [1.54, 1.807) is 25.2 Å². The third kappa shape index (κ3) is 3.53. The Morgan fingerprint density at radius 2 is 2.04 bits per heavy atom. The Labute approximate surface area is 136 Å². The number of hydrogen-bond donors (Lipinski definition) is 0. The van der Waals surface area contributed by atoms with Gasteiger partial charge in [-0.3, -0.25) is 9.36 Å². The van der Waals surface area contributed by atoms with Crippen molar-refractivity contribution in [1.29, 1.82) is 0 Å². The first-order chi connectivity index (χ1) is 11.1. The van der Waals surface area contributed by atoms with Crippen molar-refractivity contribution in [3.63, 3.8) is 0 Å². The first-order valence-electron chi connectivity index (χ1n) is 7.12. The zero-order valence-corrected chi connectivity index (χ0v) is 13.3. The van der Waals surface area contributed by atoms with E-state index in [1.807, 2.05) is 18.2 Å². The second-order valence-electron chi connectivity index (χ2n) is 4.93. The van der Waals surface area contributed by atoms with E-state index in [2.05, 4.69) is 4.98 Å². The molecule has 0 spiro atoms. The van der Waals surface area contributed by atoms with E-state index in [0.717, 1.165) is 0 Å². The van der Waals surface area contributed by atoms with Crippen LogP contribution in [0.4, 0.5) is 4.39 Å². The van der Waals surface area contributed by atoms with Gasteiger partial charge in [-0.15, -0.1) is 0 Å². The van der Waals surface area contributed by atoms with E-state index >= 15 is 0 Å². The third-order valence-electron chi connectivity index (χ3n) is 3.32. The number of rotatable bonds is 5. The van der Waals surface area contributed by atoms with E-state index in [-0.39, 0.29) is 11.4 Å². The number of hydrogen-bond acceptors (Lipinski definition) is 4. The molecule has 23 heavy (non-hydrogen) atoms. The number of ether oxygens (including phenoxy) is 1. The van der Waals surface area contributed by atoms with Gasteiger partial charge in [-0.1, -0.05) is 30.0 Å². The largest absolute Gasteiger partial charge is 0.493 e. The number of nitrogens with zero attached hydrogens (tertiary/aromatic N) is 2. The summed E-state index contributed by atoms with van der Waals surface area (Å²) >= 11 is 1.43. The molecule has 0 unspecified atom stereocenters. The SMILES string of the molecule is Cn1c(SCCOc2cccc(F)c2)nc2ccccc2c1=O. The molecule has 0 amide bonds. The summed E-state index contributed by atoms with van der Waals surface area (Å²) in [6.07, 6.45) is 0. The van der Waals surface area contributed by atoms with Gasteiger partial charge >= 0.3 is 0 Å². The number of halogens is 1. The topological polar surface area (TPSA) is 44.1 Å². The molecule has 1 aromatic heterocycles. The summed E-state index contributed by atoms with van der Waals surface area (Å²) in [7, 11) is 1.71. The molecular formula is C17H15FN2O2S. The van der Waals surface area contributed by atoms with Crippen molar-refractivity contribution in [2.45, 2.75) is 5.16 Å². The molecule has 0 saturated carbocycles. The van der Waals surface area contributed by atoms with Gasteiger partial charge in [0.1, 0.15) is 11.6 Å². The zero-order chi connectivity index (χ0) is 16.2. The number of aromatic nitrogens is 2. The molecule has 0 aliphatic carbocycles. The van der Waals surface area contributed by atoms with E-state index in [0.29, 0.717) is 34.2 Å². The summed E-state index contributed by atoms with van der Waals surface area (Å²) in [6, 6.07) is 13.3. The molecule has 0 bridgehead atoms. The number of thioether (sulfide) groups is 1. The minimum Gasteiger partial charge on any atom is -0.493 e. The average Bonchev–Trinajstić information content (AvgIpc) is 2.56. The maximum absolute atomic E-state index is 13.1. The van der Waals surface area contributed by atoms with Gasteiger partial charge < -0.3 is 4.74 Å². The summed E-state index contributed by atoms with van der Waals surface area (Å²) in [5.74, 6) is 0.773. The van der Waals surface area contributed by atoms with Crippen LogP contribution in [0.2, 0.25) is 0 Å². The van der Waals surface area contributed by atoms with Crippen LogP contribution in [0.15, 0.2) is 58.5 Å². The predicted octanol–water partition coefficient (Wildman–Crippen LogP) is 3.24. The van der Waals surface area contributed by atoms with Crippen molar-refractivity contribution in [3.05, 3.63) is 64.7 Å². The molecule has 0 aliphatic heterocycles. The Morgan fingerprint density at radius 3 is 2.87 bits per heavy atom. The van der Waals surface area contributed by atoms with E-state index in [9.17, 15) is 9.18 Å². The van der Waals surface area contributed by atoms with Gasteiger partial charge in [0.25, 0.3) is 5.56 Å². The highest BCUT2D eigenvalue weighted by molar-refractivity contribution is 7.99. The van der Waals surface area contributed by atoms with E-state index in [4.69, 9.17) is 4.74 Å². The summed E-state index contributed by atoms with van der Waals surface area (Å²) < 4.78 is 20.1. The fraction of sp³-hybridized carbons (Fsp3) is 0.176. The molecule has 2 aromatic carbocycles. The molecule has 3 rings (SSSR count). The van der Waals surface area contributed by atoms with Crippen LogP contribution in [0.25, 0.3) is 10.9 Å². The molecule has 118 valence electrons. The summed E-state index contributed by atoms with van der Waals surface area (Å²) in [5, 5.41) is 1.24. The van der Waals surface area contributed by atoms with Crippen LogP contribution < -0.4 is 10.3 Å². The van der Waals surface area contributed by atoms with Crippen LogP contribution in [0.1, 0.15) is 0 Å². The molecule has 0 radical (unpaired) electrons. The molecular weight excluding hydrogens is 315 g/mol. The molecule has 0 atom stereocenters. The van der Waals surface area contributed by atoms with Crippen molar-refractivity contribution >= 4 is 22.7 Å². The quantitative estimate of drug-likeness (QED) is 0.409. The standard InChI is InChI=1S/C17H15FN2O2S/c1-20-16(21)14-7-2-3-8-15(14)19-17(20)23-10-9-22-13-6-4-5-12(18)11-13/h2-8,11H,9-10H2,1H3. The smallest absolute Gasteiger partial charge is 0.261 e. The van der Waals surface area contributed by atoms with Crippen LogP contribution in [-0.2, 0) is 7.05 Å². The average molecular weight is 330 g/mol. The first kappa shape index (κ1) is 15.6. The Hall–Kier alpha value is -2.34. The molecule has 6 heteroatoms. The summed E-state index contributed by atoms with van der Waals surface area (Å²) in [4.78, 5) is 16.8. The van der Waals surface area contributed by atoms with Gasteiger partial charge in [-0.2, -0.15) is 0 Å². The highest BCUT2D eigenvalue weighted by atomic mass is 32.2. The highest BCUT2D eigenvalue weighted by Crippen LogP contribution is 2.18. The van der Waals surface area contributed by atoms with E-state index in [1.165, 1.54) is 28.5 Å². The predicted molar refractivity (Wildman–Crippen MR) is 89.6 cm³/mol. The van der Waals surface area contributed by atoms with E-state index < -0.39 is 0 Å². The van der Waals surface area contributed by atoms with Crippen molar-refractivity contribution in [1.82, 2.24) is 9.55 Å². The minimum atomic E-state index is -0.325. The normalized spacial score (nSPS) is 10.9. The van der Waals surface area contributed by atoms with Crippen LogP contribution in [0, 0.1) is 5.82 Å². The fourth-order valence-electron chi connectivity index (χ4n) is 2.18. The van der Waals surface area contributed by atoms with Crippen molar-refractivity contribution in [3.8, 4) is 5.75 Å². The second-order valence-corrected chi connectivity index (χ2v) is 5.99. The number of benzene rings is 2. The molecule has 4 nitrogen and oxygen atoms in total. The molecule has 3 aromatic rings. The van der Waals surface area contributed by atoms with Crippen molar-refractivity contribution in [2.75, 3.05) is 12.4 Å². The summed E-state index contributed by atoms with van der Waals surface area (Å²) in [6.45, 7) is 0.400. The van der Waals surface area contributed by atoms with Gasteiger partial charge in [0.2, 0.25) is 0 Å². The maximum atomic E-state index is 13.1. The molecule has 0 aliphatic rings. The van der Waals surface area contributed by atoms with Crippen LogP contribution in [0.5, 0.6) is 5.75 Å². The fourth-order valence-corrected chi connectivity index (χ4v) is 2.96. The van der Waals surface area contributed by atoms with Crippen LogP contribution in [-0.4, -0.2) is 21.9 Å². The molecule has 0 fully saturated rings. The Kier molecular flexibility index (Phi) is 4.62. The van der Waals surface area contributed by atoms with Gasteiger partial charge in [-0.25, -0.2) is 9.37 Å². The molecule has 1 heterocycles. The number of fused-ring (bicyclic) bond motifs is 1. The lowest BCUT2D eigenvalue weighted by Gasteiger charge is -2.09. The Morgan fingerprint density at radius 1 is 1.22 bits per heavy atom.